The van der Waals surface area contributed by atoms with Gasteiger partial charge in [0, 0.05) is 17.6 Å². The molecule has 21 heavy (non-hydrogen) atoms. The van der Waals surface area contributed by atoms with Gasteiger partial charge in [-0.15, -0.1) is 0 Å². The van der Waals surface area contributed by atoms with E-state index in [0.717, 1.165) is 5.56 Å². The summed E-state index contributed by atoms with van der Waals surface area (Å²) in [5, 5.41) is 10.6. The number of sulfone groups is 1. The van der Waals surface area contributed by atoms with Gasteiger partial charge in [0.2, 0.25) is 9.84 Å². The van der Waals surface area contributed by atoms with Crippen LogP contribution < -0.4 is 0 Å². The highest BCUT2D eigenvalue weighted by Gasteiger charge is 2.19. The molecule has 2 aromatic carbocycles. The lowest BCUT2D eigenvalue weighted by molar-refractivity contribution is 0.478. The Hall–Kier alpha value is -2.40. The number of aromatic nitrogens is 1. The summed E-state index contributed by atoms with van der Waals surface area (Å²) in [5.41, 5.74) is 1.37. The van der Waals surface area contributed by atoms with E-state index in [-0.39, 0.29) is 15.5 Å². The fourth-order valence-corrected chi connectivity index (χ4v) is 3.47. The smallest absolute Gasteiger partial charge is 0.206 e. The van der Waals surface area contributed by atoms with Gasteiger partial charge in [0.15, 0.2) is 0 Å². The number of phenols is 1. The first-order valence-corrected chi connectivity index (χ1v) is 7.86. The molecule has 3 rings (SSSR count). The van der Waals surface area contributed by atoms with Gasteiger partial charge >= 0.3 is 0 Å². The second-order valence-electron chi connectivity index (χ2n) is 4.83. The summed E-state index contributed by atoms with van der Waals surface area (Å²) in [5.74, 6) is -0.140. The van der Waals surface area contributed by atoms with E-state index in [2.05, 4.69) is 4.98 Å². The fourth-order valence-electron chi connectivity index (χ4n) is 2.15. The van der Waals surface area contributed by atoms with Crippen LogP contribution in [0.1, 0.15) is 5.56 Å². The van der Waals surface area contributed by atoms with Crippen molar-refractivity contribution in [3.63, 3.8) is 0 Å². The summed E-state index contributed by atoms with van der Waals surface area (Å²) in [4.78, 5) is 4.31. The molecule has 0 spiro atoms. The SMILES string of the molecule is Cc1ccc(S(=O)(=O)c2cc(O)c3ncccc3c2)cc1. The van der Waals surface area contributed by atoms with Crippen molar-refractivity contribution >= 4 is 20.7 Å². The molecule has 0 saturated heterocycles. The van der Waals surface area contributed by atoms with Crippen LogP contribution in [0.4, 0.5) is 0 Å². The quantitative estimate of drug-likeness (QED) is 0.789. The normalized spacial score (nSPS) is 11.7. The zero-order chi connectivity index (χ0) is 15.0. The molecule has 5 heteroatoms. The third-order valence-electron chi connectivity index (χ3n) is 3.30. The van der Waals surface area contributed by atoms with Crippen molar-refractivity contribution in [1.29, 1.82) is 0 Å². The molecule has 0 atom stereocenters. The van der Waals surface area contributed by atoms with Crippen molar-refractivity contribution in [3.8, 4) is 5.75 Å². The molecule has 1 N–H and O–H groups in total. The van der Waals surface area contributed by atoms with Crippen molar-refractivity contribution in [2.75, 3.05) is 0 Å². The number of hydrogen-bond donors (Lipinski definition) is 1. The zero-order valence-corrected chi connectivity index (χ0v) is 12.1. The number of aromatic hydroxyl groups is 1. The third-order valence-corrected chi connectivity index (χ3v) is 5.05. The highest BCUT2D eigenvalue weighted by molar-refractivity contribution is 7.91. The first-order valence-electron chi connectivity index (χ1n) is 6.38. The van der Waals surface area contributed by atoms with Gasteiger partial charge in [-0.25, -0.2) is 8.42 Å². The summed E-state index contributed by atoms with van der Waals surface area (Å²) in [7, 11) is -3.66. The van der Waals surface area contributed by atoms with Crippen molar-refractivity contribution in [2.45, 2.75) is 16.7 Å². The zero-order valence-electron chi connectivity index (χ0n) is 11.3. The summed E-state index contributed by atoms with van der Waals surface area (Å²) in [6, 6.07) is 12.8. The number of nitrogens with zero attached hydrogens (tertiary/aromatic N) is 1. The number of aryl methyl sites for hydroxylation is 1. The molecule has 3 aromatic rings. The third kappa shape index (κ3) is 2.36. The Kier molecular flexibility index (Phi) is 3.14. The predicted molar refractivity (Wildman–Crippen MR) is 80.0 cm³/mol. The van der Waals surface area contributed by atoms with Crippen LogP contribution in [0.5, 0.6) is 5.75 Å². The number of pyridine rings is 1. The van der Waals surface area contributed by atoms with Crippen LogP contribution in [0.2, 0.25) is 0 Å². The maximum absolute atomic E-state index is 12.6. The van der Waals surface area contributed by atoms with E-state index in [9.17, 15) is 13.5 Å². The molecule has 0 fully saturated rings. The molecular formula is C16H13NO3S. The average Bonchev–Trinajstić information content (AvgIpc) is 2.47. The molecule has 0 saturated carbocycles. The van der Waals surface area contributed by atoms with Crippen LogP contribution >= 0.6 is 0 Å². The molecule has 0 unspecified atom stereocenters. The molecule has 0 aliphatic rings. The van der Waals surface area contributed by atoms with Gasteiger partial charge in [0.1, 0.15) is 11.3 Å². The maximum atomic E-state index is 12.6. The first kappa shape index (κ1) is 13.6. The topological polar surface area (TPSA) is 67.3 Å². The molecule has 1 aromatic heterocycles. The molecule has 0 radical (unpaired) electrons. The van der Waals surface area contributed by atoms with Gasteiger partial charge in [0.05, 0.1) is 9.79 Å². The minimum absolute atomic E-state index is 0.0596. The lowest BCUT2D eigenvalue weighted by Gasteiger charge is -2.07. The Morgan fingerprint density at radius 2 is 1.71 bits per heavy atom. The Balaban J connectivity index is 2.21. The molecule has 4 nitrogen and oxygen atoms in total. The van der Waals surface area contributed by atoms with Crippen LogP contribution in [-0.2, 0) is 9.84 Å². The Morgan fingerprint density at radius 3 is 2.43 bits per heavy atom. The van der Waals surface area contributed by atoms with E-state index >= 15 is 0 Å². The Labute approximate surface area is 122 Å². The largest absolute Gasteiger partial charge is 0.506 e. The highest BCUT2D eigenvalue weighted by Crippen LogP contribution is 2.30. The Bertz CT molecular complexity index is 916. The van der Waals surface area contributed by atoms with E-state index in [1.54, 1.807) is 42.6 Å². The van der Waals surface area contributed by atoms with Gasteiger partial charge in [-0.3, -0.25) is 4.98 Å². The predicted octanol–water partition coefficient (Wildman–Crippen LogP) is 3.08. The van der Waals surface area contributed by atoms with E-state index in [1.165, 1.54) is 12.1 Å². The highest BCUT2D eigenvalue weighted by atomic mass is 32.2. The number of rotatable bonds is 2. The monoisotopic (exact) mass is 299 g/mol. The molecule has 0 bridgehead atoms. The fraction of sp³-hybridized carbons (Fsp3) is 0.0625. The van der Waals surface area contributed by atoms with Gasteiger partial charge in [0.25, 0.3) is 0 Å². The summed E-state index contributed by atoms with van der Waals surface area (Å²) in [6.45, 7) is 1.89. The molecule has 0 aliphatic heterocycles. The van der Waals surface area contributed by atoms with Gasteiger partial charge in [-0.2, -0.15) is 0 Å². The minimum Gasteiger partial charge on any atom is -0.506 e. The van der Waals surface area contributed by atoms with Crippen molar-refractivity contribution in [1.82, 2.24) is 4.98 Å². The number of phenolic OH excluding ortho intramolecular Hbond substituents is 1. The van der Waals surface area contributed by atoms with Crippen molar-refractivity contribution in [3.05, 3.63) is 60.3 Å². The summed E-state index contributed by atoms with van der Waals surface area (Å²) < 4.78 is 25.2. The van der Waals surface area contributed by atoms with Gasteiger partial charge < -0.3 is 5.11 Å². The molecule has 0 amide bonds. The number of fused-ring (bicyclic) bond motifs is 1. The average molecular weight is 299 g/mol. The van der Waals surface area contributed by atoms with Crippen molar-refractivity contribution < 1.29 is 13.5 Å². The second-order valence-corrected chi connectivity index (χ2v) is 6.78. The minimum atomic E-state index is -3.66. The number of benzene rings is 2. The van der Waals surface area contributed by atoms with E-state index in [1.807, 2.05) is 6.92 Å². The molecule has 0 aliphatic carbocycles. The molecule has 106 valence electrons. The summed E-state index contributed by atoms with van der Waals surface area (Å²) >= 11 is 0. The molecular weight excluding hydrogens is 286 g/mol. The van der Waals surface area contributed by atoms with Crippen LogP contribution in [0, 0.1) is 6.92 Å². The lowest BCUT2D eigenvalue weighted by Crippen LogP contribution is -2.02. The van der Waals surface area contributed by atoms with Crippen LogP contribution in [0.15, 0.2) is 64.5 Å². The van der Waals surface area contributed by atoms with Gasteiger partial charge in [-0.1, -0.05) is 23.8 Å². The van der Waals surface area contributed by atoms with E-state index in [4.69, 9.17) is 0 Å². The standard InChI is InChI=1S/C16H13NO3S/c1-11-4-6-13(7-5-11)21(19,20)14-9-12-3-2-8-17-16(12)15(18)10-14/h2-10,18H,1H3. The maximum Gasteiger partial charge on any atom is 0.206 e. The Morgan fingerprint density at radius 1 is 1.00 bits per heavy atom. The second kappa shape index (κ2) is 4.86. The van der Waals surface area contributed by atoms with Gasteiger partial charge in [-0.05, 0) is 31.2 Å². The summed E-state index contributed by atoms with van der Waals surface area (Å²) in [6.07, 6.45) is 1.55. The van der Waals surface area contributed by atoms with Crippen molar-refractivity contribution in [2.24, 2.45) is 0 Å². The van der Waals surface area contributed by atoms with E-state index in [0.29, 0.717) is 10.9 Å². The lowest BCUT2D eigenvalue weighted by atomic mass is 10.2. The van der Waals surface area contributed by atoms with Crippen LogP contribution in [-0.4, -0.2) is 18.5 Å². The first-order chi connectivity index (χ1) is 9.98. The molecule has 1 heterocycles. The number of hydrogen-bond acceptors (Lipinski definition) is 4. The van der Waals surface area contributed by atoms with E-state index < -0.39 is 9.84 Å². The van der Waals surface area contributed by atoms with Crippen LogP contribution in [0.3, 0.4) is 0 Å². The van der Waals surface area contributed by atoms with Crippen LogP contribution in [0.25, 0.3) is 10.9 Å².